The van der Waals surface area contributed by atoms with Crippen LogP contribution >= 0.6 is 0 Å². The van der Waals surface area contributed by atoms with E-state index in [0.717, 1.165) is 32.4 Å². The van der Waals surface area contributed by atoms with Gasteiger partial charge in [0, 0.05) is 12.6 Å². The molecule has 16 heavy (non-hydrogen) atoms. The van der Waals surface area contributed by atoms with Gasteiger partial charge in [-0.1, -0.05) is 0 Å². The van der Waals surface area contributed by atoms with Gasteiger partial charge in [0.25, 0.3) is 0 Å². The van der Waals surface area contributed by atoms with Crippen LogP contribution in [0.1, 0.15) is 40.0 Å². The summed E-state index contributed by atoms with van der Waals surface area (Å²) in [4.78, 5) is 13.8. The van der Waals surface area contributed by atoms with Crippen molar-refractivity contribution in [1.29, 1.82) is 0 Å². The van der Waals surface area contributed by atoms with Gasteiger partial charge in [-0.25, -0.2) is 4.79 Å². The molecule has 1 rings (SSSR count). The van der Waals surface area contributed by atoms with Crippen LogP contribution in [0.25, 0.3) is 0 Å². The minimum absolute atomic E-state index is 0.161. The minimum atomic E-state index is -0.396. The highest BCUT2D eigenvalue weighted by atomic mass is 16.6. The van der Waals surface area contributed by atoms with Gasteiger partial charge < -0.3 is 15.0 Å². The molecule has 1 aliphatic rings. The molecule has 1 saturated carbocycles. The summed E-state index contributed by atoms with van der Waals surface area (Å²) in [6, 6.07) is 0.423. The second-order valence-corrected chi connectivity index (χ2v) is 5.36. The third kappa shape index (κ3) is 4.84. The molecule has 0 unspecified atom stereocenters. The van der Waals surface area contributed by atoms with E-state index >= 15 is 0 Å². The SMILES string of the molecule is CNCCCN(C(=O)OC(C)(C)C)C1CC1. The van der Waals surface area contributed by atoms with Gasteiger partial charge >= 0.3 is 6.09 Å². The average molecular weight is 228 g/mol. The van der Waals surface area contributed by atoms with Gasteiger partial charge in [0.1, 0.15) is 5.60 Å². The topological polar surface area (TPSA) is 41.6 Å². The van der Waals surface area contributed by atoms with Gasteiger partial charge in [0.2, 0.25) is 0 Å². The van der Waals surface area contributed by atoms with Crippen molar-refractivity contribution in [2.24, 2.45) is 0 Å². The first-order chi connectivity index (χ1) is 7.44. The summed E-state index contributed by atoms with van der Waals surface area (Å²) in [5.41, 5.74) is -0.396. The van der Waals surface area contributed by atoms with Crippen LogP contribution < -0.4 is 5.32 Å². The lowest BCUT2D eigenvalue weighted by Gasteiger charge is -2.27. The summed E-state index contributed by atoms with van der Waals surface area (Å²) < 4.78 is 5.40. The van der Waals surface area contributed by atoms with Crippen molar-refractivity contribution in [1.82, 2.24) is 10.2 Å². The number of nitrogens with one attached hydrogen (secondary N) is 1. The van der Waals surface area contributed by atoms with Crippen molar-refractivity contribution in [2.75, 3.05) is 20.1 Å². The fourth-order valence-corrected chi connectivity index (χ4v) is 1.56. The van der Waals surface area contributed by atoms with Crippen molar-refractivity contribution in [3.05, 3.63) is 0 Å². The second kappa shape index (κ2) is 5.53. The maximum Gasteiger partial charge on any atom is 0.410 e. The first-order valence-corrected chi connectivity index (χ1v) is 6.08. The molecule has 0 atom stereocenters. The highest BCUT2D eigenvalue weighted by Crippen LogP contribution is 2.28. The molecular weight excluding hydrogens is 204 g/mol. The maximum absolute atomic E-state index is 11.9. The molecule has 1 aliphatic carbocycles. The van der Waals surface area contributed by atoms with E-state index in [4.69, 9.17) is 4.74 Å². The Morgan fingerprint density at radius 1 is 1.44 bits per heavy atom. The number of ether oxygens (including phenoxy) is 1. The lowest BCUT2D eigenvalue weighted by molar-refractivity contribution is 0.0232. The van der Waals surface area contributed by atoms with Crippen LogP contribution in [-0.2, 0) is 4.74 Å². The third-order valence-electron chi connectivity index (χ3n) is 2.44. The van der Waals surface area contributed by atoms with E-state index in [9.17, 15) is 4.79 Å². The average Bonchev–Trinajstić information content (AvgIpc) is 2.92. The van der Waals surface area contributed by atoms with Crippen molar-refractivity contribution in [2.45, 2.75) is 51.7 Å². The Labute approximate surface area is 98.3 Å². The van der Waals surface area contributed by atoms with Gasteiger partial charge in [0.05, 0.1) is 0 Å². The summed E-state index contributed by atoms with van der Waals surface area (Å²) in [7, 11) is 1.93. The number of hydrogen-bond donors (Lipinski definition) is 1. The highest BCUT2D eigenvalue weighted by Gasteiger charge is 2.34. The maximum atomic E-state index is 11.9. The van der Waals surface area contributed by atoms with Gasteiger partial charge in [-0.05, 0) is 53.6 Å². The van der Waals surface area contributed by atoms with Gasteiger partial charge in [0.15, 0.2) is 0 Å². The Morgan fingerprint density at radius 3 is 2.50 bits per heavy atom. The van der Waals surface area contributed by atoms with Crippen molar-refractivity contribution in [3.63, 3.8) is 0 Å². The molecular formula is C12H24N2O2. The number of amides is 1. The molecule has 0 spiro atoms. The quantitative estimate of drug-likeness (QED) is 0.732. The number of hydrogen-bond acceptors (Lipinski definition) is 3. The van der Waals surface area contributed by atoms with E-state index in [0.29, 0.717) is 6.04 Å². The van der Waals surface area contributed by atoms with Crippen molar-refractivity contribution < 1.29 is 9.53 Å². The van der Waals surface area contributed by atoms with Crippen LogP contribution in [0, 0.1) is 0 Å². The van der Waals surface area contributed by atoms with Crippen LogP contribution in [-0.4, -0.2) is 42.8 Å². The van der Waals surface area contributed by atoms with Crippen molar-refractivity contribution >= 4 is 6.09 Å². The summed E-state index contributed by atoms with van der Waals surface area (Å²) in [6.45, 7) is 7.45. The van der Waals surface area contributed by atoms with Gasteiger partial charge in [-0.2, -0.15) is 0 Å². The molecule has 0 bridgehead atoms. The molecule has 94 valence electrons. The lowest BCUT2D eigenvalue weighted by atomic mass is 10.2. The van der Waals surface area contributed by atoms with Crippen LogP contribution in [0.15, 0.2) is 0 Å². The predicted molar refractivity (Wildman–Crippen MR) is 64.5 cm³/mol. The zero-order chi connectivity index (χ0) is 12.2. The second-order valence-electron chi connectivity index (χ2n) is 5.36. The van der Waals surface area contributed by atoms with E-state index in [2.05, 4.69) is 5.32 Å². The molecule has 0 radical (unpaired) electrons. The molecule has 0 aromatic rings. The Balaban J connectivity index is 2.40. The summed E-state index contributed by atoms with van der Waals surface area (Å²) >= 11 is 0. The Bertz CT molecular complexity index is 232. The van der Waals surface area contributed by atoms with E-state index in [1.807, 2.05) is 32.7 Å². The van der Waals surface area contributed by atoms with Crippen LogP contribution in [0.4, 0.5) is 4.79 Å². The monoisotopic (exact) mass is 228 g/mol. The fourth-order valence-electron chi connectivity index (χ4n) is 1.56. The smallest absolute Gasteiger partial charge is 0.410 e. The standard InChI is InChI=1S/C12H24N2O2/c1-12(2,3)16-11(15)14(10-6-7-10)9-5-8-13-4/h10,13H,5-9H2,1-4H3. The zero-order valence-electron chi connectivity index (χ0n) is 10.9. The zero-order valence-corrected chi connectivity index (χ0v) is 10.9. The molecule has 4 nitrogen and oxygen atoms in total. The largest absolute Gasteiger partial charge is 0.444 e. The van der Waals surface area contributed by atoms with Crippen LogP contribution in [0.3, 0.4) is 0 Å². The number of carbonyl (C=O) groups is 1. The van der Waals surface area contributed by atoms with E-state index in [1.165, 1.54) is 0 Å². The number of nitrogens with zero attached hydrogens (tertiary/aromatic N) is 1. The van der Waals surface area contributed by atoms with E-state index in [1.54, 1.807) is 0 Å². The summed E-state index contributed by atoms with van der Waals surface area (Å²) in [6.07, 6.45) is 3.07. The molecule has 0 aromatic carbocycles. The molecule has 0 aliphatic heterocycles. The Hall–Kier alpha value is -0.770. The lowest BCUT2D eigenvalue weighted by Crippen LogP contribution is -2.39. The molecule has 0 aromatic heterocycles. The van der Waals surface area contributed by atoms with E-state index in [-0.39, 0.29) is 6.09 Å². The fraction of sp³-hybridized carbons (Fsp3) is 0.917. The summed E-state index contributed by atoms with van der Waals surface area (Å²) in [5.74, 6) is 0. The number of rotatable bonds is 5. The molecule has 0 heterocycles. The highest BCUT2D eigenvalue weighted by molar-refractivity contribution is 5.69. The predicted octanol–water partition coefficient (Wildman–Crippen LogP) is 2.00. The molecule has 1 fully saturated rings. The van der Waals surface area contributed by atoms with Gasteiger partial charge in [-0.15, -0.1) is 0 Å². The van der Waals surface area contributed by atoms with Crippen LogP contribution in [0.2, 0.25) is 0 Å². The van der Waals surface area contributed by atoms with E-state index < -0.39 is 5.60 Å². The Kier molecular flexibility index (Phi) is 4.59. The summed E-state index contributed by atoms with van der Waals surface area (Å²) in [5, 5.41) is 3.09. The van der Waals surface area contributed by atoms with Crippen LogP contribution in [0.5, 0.6) is 0 Å². The first-order valence-electron chi connectivity index (χ1n) is 6.08. The third-order valence-corrected chi connectivity index (χ3v) is 2.44. The molecule has 1 amide bonds. The normalized spacial score (nSPS) is 16.0. The van der Waals surface area contributed by atoms with Crippen molar-refractivity contribution in [3.8, 4) is 0 Å². The molecule has 4 heteroatoms. The molecule has 1 N–H and O–H groups in total. The molecule has 0 saturated heterocycles. The minimum Gasteiger partial charge on any atom is -0.444 e. The number of carbonyl (C=O) groups excluding carboxylic acids is 1. The first kappa shape index (κ1) is 13.3. The Morgan fingerprint density at radius 2 is 2.06 bits per heavy atom. The van der Waals surface area contributed by atoms with Gasteiger partial charge in [-0.3, -0.25) is 0 Å².